The van der Waals surface area contributed by atoms with Crippen LogP contribution in [-0.2, 0) is 6.18 Å². The fourth-order valence-electron chi connectivity index (χ4n) is 3.46. The van der Waals surface area contributed by atoms with Crippen molar-refractivity contribution in [3.05, 3.63) is 65.3 Å². The number of hydrogen-bond donors (Lipinski definition) is 1. The molecule has 162 valence electrons. The SMILES string of the molecule is O=C(NC1CCC(Oc2ccc(C(F)(F)F)cn2)CC1)c1csc(-c2ccccc2)n1. The number of hydrogen-bond acceptors (Lipinski definition) is 5. The normalized spacial score (nSPS) is 19.1. The molecule has 1 saturated carbocycles. The van der Waals surface area contributed by atoms with Crippen LogP contribution in [0, 0.1) is 0 Å². The van der Waals surface area contributed by atoms with Gasteiger partial charge in [0.15, 0.2) is 0 Å². The second kappa shape index (κ2) is 9.05. The molecular formula is C22H20F3N3O2S. The molecule has 9 heteroatoms. The molecule has 1 N–H and O–H groups in total. The summed E-state index contributed by atoms with van der Waals surface area (Å²) in [5.41, 5.74) is 0.570. The Bertz CT molecular complexity index is 1010. The molecule has 4 rings (SSSR count). The molecule has 0 radical (unpaired) electrons. The Hall–Kier alpha value is -2.94. The number of amides is 1. The van der Waals surface area contributed by atoms with Crippen molar-refractivity contribution < 1.29 is 22.7 Å². The van der Waals surface area contributed by atoms with E-state index < -0.39 is 11.7 Å². The van der Waals surface area contributed by atoms with Gasteiger partial charge in [-0.25, -0.2) is 9.97 Å². The van der Waals surface area contributed by atoms with Gasteiger partial charge >= 0.3 is 6.18 Å². The summed E-state index contributed by atoms with van der Waals surface area (Å²) in [5, 5.41) is 5.57. The number of halogens is 3. The predicted molar refractivity (Wildman–Crippen MR) is 111 cm³/mol. The molecule has 0 saturated heterocycles. The Labute approximate surface area is 181 Å². The molecule has 1 aliphatic carbocycles. The van der Waals surface area contributed by atoms with Crippen LogP contribution in [0.5, 0.6) is 5.88 Å². The third-order valence-corrected chi connectivity index (χ3v) is 6.01. The van der Waals surface area contributed by atoms with E-state index in [2.05, 4.69) is 15.3 Å². The minimum absolute atomic E-state index is 0.00906. The van der Waals surface area contributed by atoms with Crippen LogP contribution in [0.3, 0.4) is 0 Å². The summed E-state index contributed by atoms with van der Waals surface area (Å²) >= 11 is 1.43. The summed E-state index contributed by atoms with van der Waals surface area (Å²) in [6.45, 7) is 0. The first-order valence-corrected chi connectivity index (χ1v) is 10.8. The smallest absolute Gasteiger partial charge is 0.417 e. The molecule has 0 unspecified atom stereocenters. The van der Waals surface area contributed by atoms with Gasteiger partial charge in [0.05, 0.1) is 5.56 Å². The number of alkyl halides is 3. The number of benzene rings is 1. The van der Waals surface area contributed by atoms with Crippen LogP contribution in [0.4, 0.5) is 13.2 Å². The number of ether oxygens (including phenoxy) is 1. The van der Waals surface area contributed by atoms with Crippen LogP contribution in [0.15, 0.2) is 54.0 Å². The van der Waals surface area contributed by atoms with E-state index in [1.807, 2.05) is 30.3 Å². The van der Waals surface area contributed by atoms with Crippen LogP contribution in [-0.4, -0.2) is 28.0 Å². The number of nitrogens with zero attached hydrogens (tertiary/aromatic N) is 2. The summed E-state index contributed by atoms with van der Waals surface area (Å²) < 4.78 is 43.6. The van der Waals surface area contributed by atoms with Gasteiger partial charge in [-0.3, -0.25) is 4.79 Å². The maximum atomic E-state index is 12.6. The summed E-state index contributed by atoms with van der Waals surface area (Å²) in [5.74, 6) is -0.0244. The van der Waals surface area contributed by atoms with Crippen molar-refractivity contribution in [2.75, 3.05) is 0 Å². The zero-order valence-corrected chi connectivity index (χ0v) is 17.2. The second-order valence-corrected chi connectivity index (χ2v) is 8.21. The van der Waals surface area contributed by atoms with E-state index in [4.69, 9.17) is 4.74 Å². The van der Waals surface area contributed by atoms with Crippen molar-refractivity contribution in [1.29, 1.82) is 0 Å². The van der Waals surface area contributed by atoms with Crippen molar-refractivity contribution in [2.45, 2.75) is 44.0 Å². The summed E-state index contributed by atoms with van der Waals surface area (Å²) in [4.78, 5) is 20.7. The zero-order valence-electron chi connectivity index (χ0n) is 16.4. The quantitative estimate of drug-likeness (QED) is 0.573. The van der Waals surface area contributed by atoms with E-state index >= 15 is 0 Å². The number of thiazole rings is 1. The van der Waals surface area contributed by atoms with Crippen LogP contribution in [0.25, 0.3) is 10.6 Å². The fourth-order valence-corrected chi connectivity index (χ4v) is 4.27. The molecule has 2 aromatic heterocycles. The lowest BCUT2D eigenvalue weighted by Gasteiger charge is -2.29. The van der Waals surface area contributed by atoms with Gasteiger partial charge in [0, 0.05) is 29.2 Å². The van der Waals surface area contributed by atoms with Crippen molar-refractivity contribution >= 4 is 17.2 Å². The van der Waals surface area contributed by atoms with Gasteiger partial charge < -0.3 is 10.1 Å². The average Bonchev–Trinajstić information content (AvgIpc) is 3.26. The third kappa shape index (κ3) is 5.41. The Morgan fingerprint density at radius 2 is 1.81 bits per heavy atom. The Balaban J connectivity index is 1.26. The van der Waals surface area contributed by atoms with E-state index in [0.29, 0.717) is 31.4 Å². The van der Waals surface area contributed by atoms with Gasteiger partial charge in [0.1, 0.15) is 16.8 Å². The van der Waals surface area contributed by atoms with E-state index in [-0.39, 0.29) is 23.9 Å². The lowest BCUT2D eigenvalue weighted by molar-refractivity contribution is -0.137. The van der Waals surface area contributed by atoms with Gasteiger partial charge in [-0.05, 0) is 31.7 Å². The Kier molecular flexibility index (Phi) is 6.22. The molecule has 1 aliphatic rings. The predicted octanol–water partition coefficient (Wildman–Crippen LogP) is 5.34. The molecule has 0 atom stereocenters. The lowest BCUT2D eigenvalue weighted by atomic mass is 9.93. The van der Waals surface area contributed by atoms with E-state index in [1.54, 1.807) is 5.38 Å². The Morgan fingerprint density at radius 3 is 2.45 bits per heavy atom. The number of carbonyl (C=O) groups is 1. The molecule has 1 fully saturated rings. The lowest BCUT2D eigenvalue weighted by Crippen LogP contribution is -2.39. The maximum Gasteiger partial charge on any atom is 0.417 e. The topological polar surface area (TPSA) is 64.1 Å². The summed E-state index contributed by atoms with van der Waals surface area (Å²) in [6.07, 6.45) is -0.986. The van der Waals surface area contributed by atoms with Crippen molar-refractivity contribution in [3.8, 4) is 16.5 Å². The van der Waals surface area contributed by atoms with Crippen LogP contribution in [0.1, 0.15) is 41.7 Å². The van der Waals surface area contributed by atoms with E-state index in [0.717, 1.165) is 22.8 Å². The van der Waals surface area contributed by atoms with Crippen LogP contribution >= 0.6 is 11.3 Å². The van der Waals surface area contributed by atoms with Crippen molar-refractivity contribution in [3.63, 3.8) is 0 Å². The van der Waals surface area contributed by atoms with Gasteiger partial charge in [0.2, 0.25) is 5.88 Å². The first kappa shape index (κ1) is 21.3. The molecule has 5 nitrogen and oxygen atoms in total. The number of rotatable bonds is 5. The highest BCUT2D eigenvalue weighted by Crippen LogP contribution is 2.30. The molecule has 2 heterocycles. The maximum absolute atomic E-state index is 12.6. The third-order valence-electron chi connectivity index (χ3n) is 5.12. The minimum Gasteiger partial charge on any atom is -0.474 e. The largest absolute Gasteiger partial charge is 0.474 e. The number of carbonyl (C=O) groups excluding carboxylic acids is 1. The molecular weight excluding hydrogens is 427 g/mol. The first-order valence-electron chi connectivity index (χ1n) is 9.90. The second-order valence-electron chi connectivity index (χ2n) is 7.35. The van der Waals surface area contributed by atoms with Crippen molar-refractivity contribution in [2.24, 2.45) is 0 Å². The molecule has 1 aromatic carbocycles. The molecule has 0 bridgehead atoms. The average molecular weight is 447 g/mol. The number of pyridine rings is 1. The first-order chi connectivity index (χ1) is 14.9. The minimum atomic E-state index is -4.42. The molecule has 31 heavy (non-hydrogen) atoms. The van der Waals surface area contributed by atoms with Gasteiger partial charge in [0.25, 0.3) is 5.91 Å². The highest BCUT2D eigenvalue weighted by Gasteiger charge is 2.31. The highest BCUT2D eigenvalue weighted by atomic mass is 32.1. The standard InChI is InChI=1S/C22H20F3N3O2S/c23-22(24,25)15-6-11-19(26-12-15)30-17-9-7-16(8-10-17)27-20(29)18-13-31-21(28-18)14-4-2-1-3-5-14/h1-6,11-13,16-17H,7-10H2,(H,27,29). The monoisotopic (exact) mass is 447 g/mol. The Morgan fingerprint density at radius 1 is 1.06 bits per heavy atom. The number of nitrogens with one attached hydrogen (secondary N) is 1. The van der Waals surface area contributed by atoms with Crippen molar-refractivity contribution in [1.82, 2.24) is 15.3 Å². The fraction of sp³-hybridized carbons (Fsp3) is 0.318. The van der Waals surface area contributed by atoms with E-state index in [9.17, 15) is 18.0 Å². The summed E-state index contributed by atoms with van der Waals surface area (Å²) in [6, 6.07) is 11.9. The van der Waals surface area contributed by atoms with Gasteiger partial charge in [-0.1, -0.05) is 30.3 Å². The highest BCUT2D eigenvalue weighted by molar-refractivity contribution is 7.13. The molecule has 1 amide bonds. The molecule has 0 aliphatic heterocycles. The number of aromatic nitrogens is 2. The van der Waals surface area contributed by atoms with Gasteiger partial charge in [-0.15, -0.1) is 11.3 Å². The van der Waals surface area contributed by atoms with Gasteiger partial charge in [-0.2, -0.15) is 13.2 Å². The van der Waals surface area contributed by atoms with Crippen LogP contribution < -0.4 is 10.1 Å². The van der Waals surface area contributed by atoms with Crippen LogP contribution in [0.2, 0.25) is 0 Å². The summed E-state index contributed by atoms with van der Waals surface area (Å²) in [7, 11) is 0. The zero-order chi connectivity index (χ0) is 21.8. The molecule has 3 aromatic rings. The van der Waals surface area contributed by atoms with E-state index in [1.165, 1.54) is 17.4 Å². The molecule has 0 spiro atoms.